The number of esters is 3. The second-order valence-electron chi connectivity index (χ2n) is 20.5. The Hall–Kier alpha value is -1.59. The lowest BCUT2D eigenvalue weighted by Crippen LogP contribution is -2.30. The number of unbranched alkanes of at least 4 members (excludes halogenated alkanes) is 36. The number of ether oxygens (including phenoxy) is 3. The maximum atomic E-state index is 12.8. The highest BCUT2D eigenvalue weighted by Gasteiger charge is 2.19. The summed E-state index contributed by atoms with van der Waals surface area (Å²) in [5.74, 6) is 0.834. The molecule has 0 aliphatic heterocycles. The monoisotopic (exact) mass is 891 g/mol. The SMILES string of the molecule is CCCCCCCCCCCCCC(=O)OC[C@H](COC(=O)CCCCCCCCCCCCC(C)C)OC(=O)CCCCCCCCCCCCCCCCCCCCC(C)C. The van der Waals surface area contributed by atoms with Crippen LogP contribution in [0.5, 0.6) is 0 Å². The first-order chi connectivity index (χ1) is 30.7. The van der Waals surface area contributed by atoms with E-state index in [0.29, 0.717) is 19.3 Å². The van der Waals surface area contributed by atoms with E-state index in [0.717, 1.165) is 69.6 Å². The van der Waals surface area contributed by atoms with Crippen LogP contribution in [-0.2, 0) is 28.6 Å². The highest BCUT2D eigenvalue weighted by atomic mass is 16.6. The van der Waals surface area contributed by atoms with Crippen LogP contribution in [0.1, 0.15) is 317 Å². The van der Waals surface area contributed by atoms with Crippen molar-refractivity contribution in [3.63, 3.8) is 0 Å². The van der Waals surface area contributed by atoms with Gasteiger partial charge in [-0.1, -0.05) is 279 Å². The van der Waals surface area contributed by atoms with Crippen LogP contribution >= 0.6 is 0 Å². The third-order valence-electron chi connectivity index (χ3n) is 13.0. The third-order valence-corrected chi connectivity index (χ3v) is 13.0. The molecule has 0 fully saturated rings. The van der Waals surface area contributed by atoms with Gasteiger partial charge in [0.1, 0.15) is 13.2 Å². The van der Waals surface area contributed by atoms with E-state index in [1.807, 2.05) is 0 Å². The molecule has 0 aliphatic carbocycles. The molecular weight excluding hydrogens is 781 g/mol. The van der Waals surface area contributed by atoms with Gasteiger partial charge in [-0.3, -0.25) is 14.4 Å². The Bertz CT molecular complexity index is 962. The van der Waals surface area contributed by atoms with Gasteiger partial charge >= 0.3 is 17.9 Å². The van der Waals surface area contributed by atoms with Crippen LogP contribution < -0.4 is 0 Å². The van der Waals surface area contributed by atoms with Gasteiger partial charge in [-0.05, 0) is 31.1 Å². The highest BCUT2D eigenvalue weighted by Crippen LogP contribution is 2.18. The first-order valence-electron chi connectivity index (χ1n) is 28.2. The summed E-state index contributed by atoms with van der Waals surface area (Å²) >= 11 is 0. The molecule has 0 aromatic heterocycles. The second kappa shape index (κ2) is 49.8. The van der Waals surface area contributed by atoms with Crippen LogP contribution in [0, 0.1) is 11.8 Å². The fourth-order valence-corrected chi connectivity index (χ4v) is 8.70. The average molecular weight is 892 g/mol. The van der Waals surface area contributed by atoms with Crippen molar-refractivity contribution in [3.8, 4) is 0 Å². The molecule has 0 aromatic rings. The largest absolute Gasteiger partial charge is 0.462 e. The van der Waals surface area contributed by atoms with E-state index in [-0.39, 0.29) is 31.1 Å². The number of carbonyl (C=O) groups excluding carboxylic acids is 3. The topological polar surface area (TPSA) is 78.9 Å². The normalized spacial score (nSPS) is 12.0. The van der Waals surface area contributed by atoms with Crippen LogP contribution in [0.2, 0.25) is 0 Å². The molecule has 0 amide bonds. The zero-order valence-corrected chi connectivity index (χ0v) is 43.2. The lowest BCUT2D eigenvalue weighted by molar-refractivity contribution is -0.167. The Morgan fingerprint density at radius 1 is 0.302 bits per heavy atom. The van der Waals surface area contributed by atoms with E-state index in [4.69, 9.17) is 14.2 Å². The van der Waals surface area contributed by atoms with Gasteiger partial charge in [0.2, 0.25) is 0 Å². The van der Waals surface area contributed by atoms with Gasteiger partial charge < -0.3 is 14.2 Å². The van der Waals surface area contributed by atoms with Crippen molar-refractivity contribution in [2.24, 2.45) is 11.8 Å². The summed E-state index contributed by atoms with van der Waals surface area (Å²) < 4.78 is 16.8. The molecule has 1 atom stereocenters. The van der Waals surface area contributed by atoms with Gasteiger partial charge in [0, 0.05) is 19.3 Å². The summed E-state index contributed by atoms with van der Waals surface area (Å²) in [5, 5.41) is 0. The molecule has 374 valence electrons. The molecule has 0 radical (unpaired) electrons. The number of rotatable bonds is 51. The first-order valence-corrected chi connectivity index (χ1v) is 28.2. The molecule has 0 saturated carbocycles. The molecule has 0 saturated heterocycles. The van der Waals surface area contributed by atoms with Gasteiger partial charge in [0.25, 0.3) is 0 Å². The predicted octanol–water partition coefficient (Wildman–Crippen LogP) is 18.5. The maximum absolute atomic E-state index is 12.8. The summed E-state index contributed by atoms with van der Waals surface area (Å²) in [4.78, 5) is 38.0. The number of hydrogen-bond acceptors (Lipinski definition) is 6. The molecule has 0 heterocycles. The van der Waals surface area contributed by atoms with Crippen molar-refractivity contribution in [1.29, 1.82) is 0 Å². The van der Waals surface area contributed by atoms with Crippen molar-refractivity contribution in [2.75, 3.05) is 13.2 Å². The Morgan fingerprint density at radius 2 is 0.524 bits per heavy atom. The summed E-state index contributed by atoms with van der Waals surface area (Å²) in [5.41, 5.74) is 0. The number of carbonyl (C=O) groups is 3. The molecule has 0 N–H and O–H groups in total. The van der Waals surface area contributed by atoms with Crippen molar-refractivity contribution in [1.82, 2.24) is 0 Å². The molecule has 6 nitrogen and oxygen atoms in total. The minimum Gasteiger partial charge on any atom is -0.462 e. The lowest BCUT2D eigenvalue weighted by Gasteiger charge is -2.18. The van der Waals surface area contributed by atoms with Crippen LogP contribution in [0.25, 0.3) is 0 Å². The van der Waals surface area contributed by atoms with E-state index in [9.17, 15) is 14.4 Å². The number of hydrogen-bond donors (Lipinski definition) is 0. The molecule has 0 rings (SSSR count). The van der Waals surface area contributed by atoms with Crippen LogP contribution in [0.4, 0.5) is 0 Å². The Labute approximate surface area is 393 Å². The fourth-order valence-electron chi connectivity index (χ4n) is 8.70. The van der Waals surface area contributed by atoms with Crippen LogP contribution in [0.15, 0.2) is 0 Å². The zero-order chi connectivity index (χ0) is 46.1. The van der Waals surface area contributed by atoms with Crippen molar-refractivity contribution < 1.29 is 28.6 Å². The average Bonchev–Trinajstić information content (AvgIpc) is 3.25. The second-order valence-corrected chi connectivity index (χ2v) is 20.5. The van der Waals surface area contributed by atoms with Gasteiger partial charge in [-0.15, -0.1) is 0 Å². The molecule has 0 unspecified atom stereocenters. The lowest BCUT2D eigenvalue weighted by atomic mass is 10.0. The van der Waals surface area contributed by atoms with Crippen LogP contribution in [0.3, 0.4) is 0 Å². The standard InChI is InChI=1S/C57H110O6/c1-6-7-8-9-10-11-20-27-32-37-42-47-55(58)61-50-54(51-62-56(59)48-43-38-33-28-24-23-26-31-36-41-46-53(4)5)63-57(60)49-44-39-34-29-22-19-17-15-13-12-14-16-18-21-25-30-35-40-45-52(2)3/h52-54H,6-51H2,1-5H3/t54-/m1/s1. The van der Waals surface area contributed by atoms with Crippen LogP contribution in [-0.4, -0.2) is 37.2 Å². The van der Waals surface area contributed by atoms with E-state index in [1.165, 1.54) is 205 Å². The Kier molecular flexibility index (Phi) is 48.6. The maximum Gasteiger partial charge on any atom is 0.306 e. The van der Waals surface area contributed by atoms with Gasteiger partial charge in [-0.25, -0.2) is 0 Å². The molecule has 6 heteroatoms. The van der Waals surface area contributed by atoms with E-state index < -0.39 is 6.10 Å². The highest BCUT2D eigenvalue weighted by molar-refractivity contribution is 5.71. The summed E-state index contributed by atoms with van der Waals surface area (Å²) in [7, 11) is 0. The minimum atomic E-state index is -0.762. The quantitative estimate of drug-likeness (QED) is 0.0344. The summed E-state index contributed by atoms with van der Waals surface area (Å²) in [6, 6.07) is 0. The van der Waals surface area contributed by atoms with Crippen molar-refractivity contribution in [3.05, 3.63) is 0 Å². The zero-order valence-electron chi connectivity index (χ0n) is 43.2. The van der Waals surface area contributed by atoms with Gasteiger partial charge in [0.05, 0.1) is 0 Å². The molecule has 0 spiro atoms. The Balaban J connectivity index is 4.23. The first kappa shape index (κ1) is 61.4. The fraction of sp³-hybridized carbons (Fsp3) is 0.947. The Morgan fingerprint density at radius 3 is 0.778 bits per heavy atom. The predicted molar refractivity (Wildman–Crippen MR) is 270 cm³/mol. The van der Waals surface area contributed by atoms with Gasteiger partial charge in [0.15, 0.2) is 6.10 Å². The molecule has 0 aliphatic rings. The van der Waals surface area contributed by atoms with E-state index >= 15 is 0 Å². The van der Waals surface area contributed by atoms with Gasteiger partial charge in [-0.2, -0.15) is 0 Å². The molecule has 0 aromatic carbocycles. The summed E-state index contributed by atoms with van der Waals surface area (Å²) in [6.07, 6.45) is 52.4. The van der Waals surface area contributed by atoms with E-state index in [2.05, 4.69) is 34.6 Å². The summed E-state index contributed by atoms with van der Waals surface area (Å²) in [6.45, 7) is 11.4. The molecule has 63 heavy (non-hydrogen) atoms. The third kappa shape index (κ3) is 51.3. The van der Waals surface area contributed by atoms with E-state index in [1.54, 1.807) is 0 Å². The van der Waals surface area contributed by atoms with Crippen molar-refractivity contribution in [2.45, 2.75) is 323 Å². The van der Waals surface area contributed by atoms with Crippen molar-refractivity contribution >= 4 is 17.9 Å². The smallest absolute Gasteiger partial charge is 0.306 e. The molecular formula is C57H110O6. The molecule has 0 bridgehead atoms. The minimum absolute atomic E-state index is 0.0631.